The van der Waals surface area contributed by atoms with Crippen molar-refractivity contribution >= 4 is 29.1 Å². The number of nitrogens with zero attached hydrogens (tertiary/aromatic N) is 2. The molecule has 1 aliphatic carbocycles. The van der Waals surface area contributed by atoms with Crippen LogP contribution in [0, 0.1) is 0 Å². The summed E-state index contributed by atoms with van der Waals surface area (Å²) in [5, 5.41) is 5.16. The summed E-state index contributed by atoms with van der Waals surface area (Å²) in [7, 11) is 0. The second-order valence-electron chi connectivity index (χ2n) is 7.84. The van der Waals surface area contributed by atoms with E-state index in [0.717, 1.165) is 25.0 Å². The van der Waals surface area contributed by atoms with Gasteiger partial charge in [0.1, 0.15) is 0 Å². The molecule has 166 valence electrons. The number of carbonyl (C=O) groups excluding carboxylic acids is 2. The Morgan fingerprint density at radius 3 is 2.13 bits per heavy atom. The molecule has 2 fully saturated rings. The molecule has 1 heterocycles. The van der Waals surface area contributed by atoms with Crippen LogP contribution in [0.1, 0.15) is 31.2 Å². The fourth-order valence-electron chi connectivity index (χ4n) is 3.88. The molecule has 1 aromatic rings. The van der Waals surface area contributed by atoms with E-state index in [0.29, 0.717) is 38.8 Å². The van der Waals surface area contributed by atoms with Gasteiger partial charge in [-0.1, -0.05) is 24.4 Å². The van der Waals surface area contributed by atoms with Gasteiger partial charge in [-0.2, -0.15) is 13.2 Å². The van der Waals surface area contributed by atoms with Crippen molar-refractivity contribution in [1.29, 1.82) is 0 Å². The number of amides is 2. The second-order valence-corrected chi connectivity index (χ2v) is 8.25. The lowest BCUT2D eigenvalue weighted by atomic mass is 10.2. The summed E-state index contributed by atoms with van der Waals surface area (Å²) in [6.07, 6.45) is -0.157. The third kappa shape index (κ3) is 6.58. The van der Waals surface area contributed by atoms with Crippen LogP contribution < -0.4 is 10.6 Å². The molecular formula is C20H26ClF3N4O2. The van der Waals surface area contributed by atoms with E-state index in [-0.39, 0.29) is 18.1 Å². The first-order valence-corrected chi connectivity index (χ1v) is 10.5. The van der Waals surface area contributed by atoms with Crippen molar-refractivity contribution in [2.75, 3.05) is 44.6 Å². The molecule has 1 saturated heterocycles. The number of alkyl halides is 3. The monoisotopic (exact) mass is 446 g/mol. The zero-order valence-corrected chi connectivity index (χ0v) is 17.4. The fraction of sp³-hybridized carbons (Fsp3) is 0.600. The van der Waals surface area contributed by atoms with Gasteiger partial charge in [-0.25, -0.2) is 0 Å². The molecule has 2 amide bonds. The highest BCUT2D eigenvalue weighted by molar-refractivity contribution is 6.31. The van der Waals surface area contributed by atoms with Gasteiger partial charge >= 0.3 is 6.18 Å². The third-order valence-electron chi connectivity index (χ3n) is 5.48. The summed E-state index contributed by atoms with van der Waals surface area (Å²) >= 11 is 5.60. The molecule has 30 heavy (non-hydrogen) atoms. The van der Waals surface area contributed by atoms with E-state index in [9.17, 15) is 22.8 Å². The number of anilines is 1. The zero-order valence-electron chi connectivity index (χ0n) is 16.6. The molecule has 1 saturated carbocycles. The summed E-state index contributed by atoms with van der Waals surface area (Å²) < 4.78 is 38.8. The standard InChI is InChI=1S/C20H26ClF3N4O2/c21-17-6-5-15(11-16(17)20(22,23)24)26-19(30)13-28-9-7-27(8-10-28)12-18(29)25-14-3-1-2-4-14/h5-6,11,14H,1-4,7-10,12-13H2,(H,25,29)(H,26,30). The lowest BCUT2D eigenvalue weighted by Gasteiger charge is -2.34. The van der Waals surface area contributed by atoms with Crippen LogP contribution in [-0.4, -0.2) is 66.9 Å². The Bertz CT molecular complexity index is 761. The first kappa shape index (κ1) is 22.8. The molecule has 0 atom stereocenters. The molecule has 0 radical (unpaired) electrons. The number of nitrogens with one attached hydrogen (secondary N) is 2. The van der Waals surface area contributed by atoms with Gasteiger partial charge in [0.05, 0.1) is 23.7 Å². The highest BCUT2D eigenvalue weighted by Gasteiger charge is 2.33. The Morgan fingerprint density at radius 2 is 1.57 bits per heavy atom. The van der Waals surface area contributed by atoms with Gasteiger partial charge in [0.25, 0.3) is 0 Å². The van der Waals surface area contributed by atoms with Crippen LogP contribution in [-0.2, 0) is 15.8 Å². The van der Waals surface area contributed by atoms with Crippen LogP contribution in [0.5, 0.6) is 0 Å². The molecule has 1 aromatic carbocycles. The zero-order chi connectivity index (χ0) is 21.7. The van der Waals surface area contributed by atoms with E-state index < -0.39 is 22.7 Å². The van der Waals surface area contributed by atoms with Crippen molar-refractivity contribution < 1.29 is 22.8 Å². The minimum atomic E-state index is -4.59. The van der Waals surface area contributed by atoms with Crippen molar-refractivity contribution in [1.82, 2.24) is 15.1 Å². The minimum absolute atomic E-state index is 0.0382. The summed E-state index contributed by atoms with van der Waals surface area (Å²) in [5.41, 5.74) is -0.926. The van der Waals surface area contributed by atoms with E-state index >= 15 is 0 Å². The van der Waals surface area contributed by atoms with Gasteiger partial charge in [0.2, 0.25) is 11.8 Å². The van der Waals surface area contributed by atoms with E-state index in [1.54, 1.807) is 0 Å². The summed E-state index contributed by atoms with van der Waals surface area (Å²) in [6, 6.07) is 3.60. The van der Waals surface area contributed by atoms with Crippen molar-refractivity contribution in [3.63, 3.8) is 0 Å². The molecule has 1 aliphatic heterocycles. The predicted molar refractivity (Wildman–Crippen MR) is 108 cm³/mol. The largest absolute Gasteiger partial charge is 0.417 e. The molecule has 0 bridgehead atoms. The van der Waals surface area contributed by atoms with E-state index in [1.807, 2.05) is 9.80 Å². The van der Waals surface area contributed by atoms with Gasteiger partial charge < -0.3 is 10.6 Å². The van der Waals surface area contributed by atoms with Crippen molar-refractivity contribution in [2.45, 2.75) is 37.9 Å². The number of halogens is 4. The fourth-order valence-corrected chi connectivity index (χ4v) is 4.10. The van der Waals surface area contributed by atoms with E-state index in [1.165, 1.54) is 18.9 Å². The average molecular weight is 447 g/mol. The number of carbonyl (C=O) groups is 2. The maximum absolute atomic E-state index is 12.9. The van der Waals surface area contributed by atoms with Gasteiger partial charge in [-0.3, -0.25) is 19.4 Å². The molecular weight excluding hydrogens is 421 g/mol. The topological polar surface area (TPSA) is 64.7 Å². The second kappa shape index (κ2) is 9.98. The third-order valence-corrected chi connectivity index (χ3v) is 5.80. The average Bonchev–Trinajstić information content (AvgIpc) is 3.17. The number of benzene rings is 1. The molecule has 0 spiro atoms. The molecule has 2 N–H and O–H groups in total. The molecule has 3 rings (SSSR count). The summed E-state index contributed by atoms with van der Waals surface area (Å²) in [6.45, 7) is 2.96. The van der Waals surface area contributed by atoms with Crippen LogP contribution >= 0.6 is 11.6 Å². The number of rotatable bonds is 6. The number of hydrogen-bond donors (Lipinski definition) is 2. The lowest BCUT2D eigenvalue weighted by Crippen LogP contribution is -2.51. The molecule has 10 heteroatoms. The predicted octanol–water partition coefficient (Wildman–Crippen LogP) is 2.97. The normalized spacial score (nSPS) is 19.1. The highest BCUT2D eigenvalue weighted by Crippen LogP contribution is 2.36. The van der Waals surface area contributed by atoms with E-state index in [4.69, 9.17) is 11.6 Å². The summed E-state index contributed by atoms with van der Waals surface area (Å²) in [5.74, 6) is -0.353. The minimum Gasteiger partial charge on any atom is -0.352 e. The van der Waals surface area contributed by atoms with Crippen LogP contribution in [0.15, 0.2) is 18.2 Å². The van der Waals surface area contributed by atoms with Crippen molar-refractivity contribution in [3.8, 4) is 0 Å². The van der Waals surface area contributed by atoms with Crippen LogP contribution in [0.25, 0.3) is 0 Å². The van der Waals surface area contributed by atoms with Gasteiger partial charge in [0.15, 0.2) is 0 Å². The summed E-state index contributed by atoms with van der Waals surface area (Å²) in [4.78, 5) is 28.3. The Balaban J connectivity index is 1.41. The molecule has 2 aliphatic rings. The molecule has 0 unspecified atom stereocenters. The Morgan fingerprint density at radius 1 is 1.00 bits per heavy atom. The van der Waals surface area contributed by atoms with Crippen molar-refractivity contribution in [3.05, 3.63) is 28.8 Å². The Kier molecular flexibility index (Phi) is 7.60. The maximum Gasteiger partial charge on any atom is 0.417 e. The van der Waals surface area contributed by atoms with E-state index in [2.05, 4.69) is 10.6 Å². The number of hydrogen-bond acceptors (Lipinski definition) is 4. The quantitative estimate of drug-likeness (QED) is 0.705. The Hall–Kier alpha value is -1.84. The van der Waals surface area contributed by atoms with Crippen LogP contribution in [0.3, 0.4) is 0 Å². The SMILES string of the molecule is O=C(CN1CCN(CC(=O)NC2CCCC2)CC1)Nc1ccc(Cl)c(C(F)(F)F)c1. The van der Waals surface area contributed by atoms with Gasteiger partial charge in [-0.15, -0.1) is 0 Å². The molecule has 6 nitrogen and oxygen atoms in total. The Labute approximate surface area is 178 Å². The van der Waals surface area contributed by atoms with Gasteiger partial charge in [-0.05, 0) is 31.0 Å². The van der Waals surface area contributed by atoms with Crippen LogP contribution in [0.4, 0.5) is 18.9 Å². The highest BCUT2D eigenvalue weighted by atomic mass is 35.5. The first-order chi connectivity index (χ1) is 14.2. The molecule has 0 aromatic heterocycles. The first-order valence-electron chi connectivity index (χ1n) is 10.1. The van der Waals surface area contributed by atoms with Gasteiger partial charge in [0, 0.05) is 37.9 Å². The lowest BCUT2D eigenvalue weighted by molar-refractivity contribution is -0.137. The maximum atomic E-state index is 12.9. The number of piperazine rings is 1. The van der Waals surface area contributed by atoms with Crippen LogP contribution in [0.2, 0.25) is 5.02 Å². The smallest absolute Gasteiger partial charge is 0.352 e. The van der Waals surface area contributed by atoms with Crippen molar-refractivity contribution in [2.24, 2.45) is 0 Å².